The molecule has 0 aliphatic heterocycles. The Kier molecular flexibility index (Phi) is 4.81. The minimum atomic E-state index is -2.36. The molecule has 2 rings (SSSR count). The van der Waals surface area contributed by atoms with Crippen molar-refractivity contribution in [3.05, 3.63) is 83.6 Å². The van der Waals surface area contributed by atoms with Crippen LogP contribution in [0, 0.1) is 39.2 Å². The average Bonchev–Trinajstić information content (AvgIpc) is 2.55. The fraction of sp³-hybridized carbons (Fsp3) is 0.0769. The first-order valence-corrected chi connectivity index (χ1v) is 6.29. The van der Waals surface area contributed by atoms with Crippen LogP contribution >= 0.6 is 0 Å². The summed E-state index contributed by atoms with van der Waals surface area (Å²) in [7, 11) is 0. The van der Waals surface area contributed by atoms with Crippen molar-refractivity contribution in [1.29, 1.82) is 0 Å². The molecule has 0 aliphatic rings. The van der Waals surface area contributed by atoms with Crippen LogP contribution in [-0.4, -0.2) is 14.5 Å². The van der Waals surface area contributed by atoms with Crippen molar-refractivity contribution in [2.75, 3.05) is 0 Å². The summed E-state index contributed by atoms with van der Waals surface area (Å²) >= 11 is 0. The number of rotatable bonds is 4. The van der Waals surface area contributed by atoms with Gasteiger partial charge in [0.15, 0.2) is 23.3 Å². The fourth-order valence-electron chi connectivity index (χ4n) is 1.86. The summed E-state index contributed by atoms with van der Waals surface area (Å²) in [6, 6.07) is 0. The zero-order chi connectivity index (χ0) is 18.9. The second kappa shape index (κ2) is 6.67. The highest BCUT2D eigenvalue weighted by Gasteiger charge is 2.26. The Morgan fingerprint density at radius 1 is 1.04 bits per heavy atom. The Morgan fingerprint density at radius 2 is 1.56 bits per heavy atom. The molecule has 0 atom stereocenters. The zero-order valence-electron chi connectivity index (χ0n) is 11.9. The van der Waals surface area contributed by atoms with Gasteiger partial charge in [0.1, 0.15) is 0 Å². The lowest BCUT2D eigenvalue weighted by atomic mass is 10.1. The van der Waals surface area contributed by atoms with E-state index >= 15 is 0 Å². The van der Waals surface area contributed by atoms with Gasteiger partial charge < -0.3 is 0 Å². The predicted octanol–water partition coefficient (Wildman–Crippen LogP) is 1.53. The largest absolute Gasteiger partial charge is 0.328 e. The quantitative estimate of drug-likeness (QED) is 0.293. The van der Waals surface area contributed by atoms with Crippen LogP contribution in [0.25, 0.3) is 6.08 Å². The lowest BCUT2D eigenvalue weighted by Crippen LogP contribution is -2.31. The SMILES string of the molecule is O=c1[nH]c(=O)n(Cc2c(F)c(F)c(F)c(F)c2F)cc1/C=C/[N+](=O)[O-]. The van der Waals surface area contributed by atoms with E-state index in [-0.39, 0.29) is 0 Å². The van der Waals surface area contributed by atoms with Crippen LogP contribution in [0.4, 0.5) is 22.0 Å². The van der Waals surface area contributed by atoms with Gasteiger partial charge in [-0.2, -0.15) is 0 Å². The van der Waals surface area contributed by atoms with Gasteiger partial charge in [0.05, 0.1) is 17.0 Å². The summed E-state index contributed by atoms with van der Waals surface area (Å²) in [5, 5.41) is 10.2. The molecule has 0 radical (unpaired) electrons. The molecule has 0 amide bonds. The van der Waals surface area contributed by atoms with Gasteiger partial charge >= 0.3 is 5.69 Å². The molecule has 0 unspecified atom stereocenters. The van der Waals surface area contributed by atoms with Crippen LogP contribution in [0.5, 0.6) is 0 Å². The highest BCUT2D eigenvalue weighted by Crippen LogP contribution is 2.23. The number of nitro groups is 1. The summed E-state index contributed by atoms with van der Waals surface area (Å²) in [6.07, 6.45) is 1.73. The summed E-state index contributed by atoms with van der Waals surface area (Å²) in [5.74, 6) is -11.0. The van der Waals surface area contributed by atoms with Crippen molar-refractivity contribution in [3.63, 3.8) is 0 Å². The molecule has 2 aromatic rings. The van der Waals surface area contributed by atoms with Gasteiger partial charge in [-0.3, -0.25) is 24.5 Å². The minimum Gasteiger partial charge on any atom is -0.295 e. The number of hydrogen-bond acceptors (Lipinski definition) is 4. The molecule has 0 saturated carbocycles. The Morgan fingerprint density at radius 3 is 2.08 bits per heavy atom. The van der Waals surface area contributed by atoms with Crippen molar-refractivity contribution >= 4 is 6.08 Å². The highest BCUT2D eigenvalue weighted by molar-refractivity contribution is 5.44. The van der Waals surface area contributed by atoms with E-state index in [1.165, 1.54) is 0 Å². The van der Waals surface area contributed by atoms with Gasteiger partial charge in [0.2, 0.25) is 12.0 Å². The molecule has 12 heteroatoms. The molecule has 1 aromatic heterocycles. The Hall–Kier alpha value is -3.31. The van der Waals surface area contributed by atoms with Crippen LogP contribution in [0.2, 0.25) is 0 Å². The van der Waals surface area contributed by atoms with Crippen LogP contribution in [0.3, 0.4) is 0 Å². The monoisotopic (exact) mass is 363 g/mol. The maximum Gasteiger partial charge on any atom is 0.328 e. The summed E-state index contributed by atoms with van der Waals surface area (Å²) < 4.78 is 67.0. The first-order valence-electron chi connectivity index (χ1n) is 6.29. The van der Waals surface area contributed by atoms with Crippen molar-refractivity contribution in [2.24, 2.45) is 0 Å². The van der Waals surface area contributed by atoms with Crippen molar-refractivity contribution in [1.82, 2.24) is 9.55 Å². The predicted molar refractivity (Wildman–Crippen MR) is 72.7 cm³/mol. The Labute approximate surface area is 133 Å². The van der Waals surface area contributed by atoms with Crippen LogP contribution in [-0.2, 0) is 6.54 Å². The second-order valence-electron chi connectivity index (χ2n) is 4.62. The van der Waals surface area contributed by atoms with Crippen molar-refractivity contribution in [2.45, 2.75) is 6.54 Å². The van der Waals surface area contributed by atoms with E-state index in [9.17, 15) is 41.7 Å². The normalized spacial score (nSPS) is 11.2. The maximum atomic E-state index is 13.6. The van der Waals surface area contributed by atoms with Gasteiger partial charge in [0, 0.05) is 17.8 Å². The average molecular weight is 363 g/mol. The third kappa shape index (κ3) is 3.46. The molecule has 0 bridgehead atoms. The molecule has 1 N–H and O–H groups in total. The third-order valence-electron chi connectivity index (χ3n) is 3.04. The van der Waals surface area contributed by atoms with E-state index in [1.54, 1.807) is 4.98 Å². The Balaban J connectivity index is 2.59. The number of nitrogens with zero attached hydrogens (tertiary/aromatic N) is 2. The number of aromatic amines is 1. The standard InChI is InChI=1S/C13H6F5N3O4/c14-7-6(8(15)10(17)11(18)9(7)16)4-20-3-5(1-2-21(24)25)12(22)19-13(20)23/h1-3H,4H2,(H,19,22,23)/b2-1+. The van der Waals surface area contributed by atoms with Gasteiger partial charge in [-0.15, -0.1) is 0 Å². The van der Waals surface area contributed by atoms with Crippen molar-refractivity contribution in [3.8, 4) is 0 Å². The summed E-state index contributed by atoms with van der Waals surface area (Å²) in [5.41, 5.74) is -4.01. The first-order chi connectivity index (χ1) is 11.6. The summed E-state index contributed by atoms with van der Waals surface area (Å²) in [4.78, 5) is 34.1. The minimum absolute atomic E-state index is 0.359. The number of H-pyrrole nitrogens is 1. The molecule has 25 heavy (non-hydrogen) atoms. The lowest BCUT2D eigenvalue weighted by Gasteiger charge is -2.10. The molecule has 0 fully saturated rings. The molecule has 0 spiro atoms. The molecule has 0 saturated heterocycles. The number of aromatic nitrogens is 2. The van der Waals surface area contributed by atoms with Crippen LogP contribution in [0.1, 0.15) is 11.1 Å². The number of hydrogen-bond donors (Lipinski definition) is 1. The zero-order valence-corrected chi connectivity index (χ0v) is 11.9. The third-order valence-corrected chi connectivity index (χ3v) is 3.04. The van der Waals surface area contributed by atoms with Gasteiger partial charge in [0.25, 0.3) is 5.56 Å². The molecule has 0 aliphatic carbocycles. The van der Waals surface area contributed by atoms with Gasteiger partial charge in [-0.25, -0.2) is 26.7 Å². The molecule has 7 nitrogen and oxygen atoms in total. The highest BCUT2D eigenvalue weighted by atomic mass is 19.2. The van der Waals surface area contributed by atoms with E-state index in [1.807, 2.05) is 0 Å². The van der Waals surface area contributed by atoms with E-state index in [0.29, 0.717) is 23.0 Å². The lowest BCUT2D eigenvalue weighted by molar-refractivity contribution is -0.400. The van der Waals surface area contributed by atoms with E-state index in [0.717, 1.165) is 0 Å². The molecule has 1 aromatic carbocycles. The number of nitrogens with one attached hydrogen (secondary N) is 1. The van der Waals surface area contributed by atoms with Gasteiger partial charge in [-0.05, 0) is 0 Å². The van der Waals surface area contributed by atoms with E-state index < -0.39 is 62.9 Å². The van der Waals surface area contributed by atoms with Crippen LogP contribution < -0.4 is 11.2 Å². The molecule has 1 heterocycles. The number of halogens is 5. The Bertz CT molecular complexity index is 983. The second-order valence-corrected chi connectivity index (χ2v) is 4.62. The summed E-state index contributed by atoms with van der Waals surface area (Å²) in [6.45, 7) is -1.11. The smallest absolute Gasteiger partial charge is 0.295 e. The van der Waals surface area contributed by atoms with Crippen LogP contribution in [0.15, 0.2) is 22.0 Å². The topological polar surface area (TPSA) is 98.0 Å². The maximum absolute atomic E-state index is 13.6. The van der Waals surface area contributed by atoms with E-state index in [4.69, 9.17) is 0 Å². The van der Waals surface area contributed by atoms with Crippen molar-refractivity contribution < 1.29 is 26.9 Å². The fourth-order valence-corrected chi connectivity index (χ4v) is 1.86. The molecule has 132 valence electrons. The molecular weight excluding hydrogens is 357 g/mol. The van der Waals surface area contributed by atoms with Gasteiger partial charge in [-0.1, -0.05) is 0 Å². The molecular formula is C13H6F5N3O4. The number of benzene rings is 1. The van der Waals surface area contributed by atoms with E-state index in [2.05, 4.69) is 0 Å². The first kappa shape index (κ1) is 18.0.